The highest BCUT2D eigenvalue weighted by Crippen LogP contribution is 2.48. The molecule has 9 nitrogen and oxygen atoms in total. The zero-order chi connectivity index (χ0) is 37.6. The summed E-state index contributed by atoms with van der Waals surface area (Å²) in [4.78, 5) is 32.3. The average Bonchev–Trinajstić information content (AvgIpc) is 3.80. The van der Waals surface area contributed by atoms with E-state index >= 15 is 0 Å². The Morgan fingerprint density at radius 2 is 1.79 bits per heavy atom. The van der Waals surface area contributed by atoms with Gasteiger partial charge in [0, 0.05) is 59.0 Å². The monoisotopic (exact) mass is 736 g/mol. The van der Waals surface area contributed by atoms with Gasteiger partial charge in [-0.15, -0.1) is 0 Å². The third-order valence-electron chi connectivity index (χ3n) is 11.8. The maximum Gasteiger partial charge on any atom is 0.261 e. The summed E-state index contributed by atoms with van der Waals surface area (Å²) in [6, 6.07) is 13.5. The molecule has 1 aliphatic carbocycles. The lowest BCUT2D eigenvalue weighted by molar-refractivity contribution is 0.0753. The summed E-state index contributed by atoms with van der Waals surface area (Å²) in [6.45, 7) is 11.8. The van der Waals surface area contributed by atoms with Crippen molar-refractivity contribution in [3.8, 4) is 17.0 Å². The number of amides is 2. The Morgan fingerprint density at radius 3 is 2.47 bits per heavy atom. The Labute approximate surface area is 319 Å². The van der Waals surface area contributed by atoms with Gasteiger partial charge < -0.3 is 14.2 Å². The van der Waals surface area contributed by atoms with Gasteiger partial charge in [0.05, 0.1) is 36.8 Å². The molecule has 1 N–H and O–H groups in total. The minimum atomic E-state index is -0.0917. The van der Waals surface area contributed by atoms with E-state index in [0.29, 0.717) is 42.2 Å². The van der Waals surface area contributed by atoms with Crippen molar-refractivity contribution in [1.29, 1.82) is 0 Å². The van der Waals surface area contributed by atoms with Crippen LogP contribution in [0.2, 0.25) is 0 Å². The Bertz CT molecular complexity index is 2040. The predicted octanol–water partition coefficient (Wildman–Crippen LogP) is 9.04. The zero-order valence-corrected chi connectivity index (χ0v) is 33.6. The summed E-state index contributed by atoms with van der Waals surface area (Å²) in [5.41, 5.74) is 8.89. The third-order valence-corrected chi connectivity index (χ3v) is 12.6. The first-order valence-corrected chi connectivity index (χ1v) is 20.4. The summed E-state index contributed by atoms with van der Waals surface area (Å²) in [5.74, 6) is 1.09. The second-order valence-electron chi connectivity index (χ2n) is 16.0. The molecule has 2 atom stereocenters. The number of methoxy groups -OCH3 is 1. The highest BCUT2D eigenvalue weighted by Gasteiger charge is 2.34. The molecular weight excluding hydrogens is 681 g/mol. The molecule has 1 saturated carbocycles. The van der Waals surface area contributed by atoms with Crippen molar-refractivity contribution in [1.82, 2.24) is 28.9 Å². The predicted molar refractivity (Wildman–Crippen MR) is 218 cm³/mol. The Kier molecular flexibility index (Phi) is 10.8. The van der Waals surface area contributed by atoms with Gasteiger partial charge in [-0.3, -0.25) is 23.9 Å². The van der Waals surface area contributed by atoms with Gasteiger partial charge in [0.15, 0.2) is 0 Å². The van der Waals surface area contributed by atoms with Crippen LogP contribution in [0.1, 0.15) is 129 Å². The van der Waals surface area contributed by atoms with E-state index in [1.165, 1.54) is 47.9 Å². The van der Waals surface area contributed by atoms with E-state index in [4.69, 9.17) is 9.84 Å². The molecule has 2 aliphatic heterocycles. The van der Waals surface area contributed by atoms with Gasteiger partial charge in [0.25, 0.3) is 11.8 Å². The number of allylic oxidation sites excluding steroid dienone is 1. The molecule has 0 radical (unpaired) electrons. The molecule has 4 heterocycles. The topological polar surface area (TPSA) is 84.6 Å². The lowest BCUT2D eigenvalue weighted by Gasteiger charge is -2.28. The van der Waals surface area contributed by atoms with E-state index in [-0.39, 0.29) is 23.1 Å². The van der Waals surface area contributed by atoms with Gasteiger partial charge in [0.1, 0.15) is 5.75 Å². The molecule has 2 unspecified atom stereocenters. The van der Waals surface area contributed by atoms with Crippen LogP contribution in [0, 0.1) is 0 Å². The first-order chi connectivity index (χ1) is 25.5. The number of carbonyl (C=O) groups is 2. The third kappa shape index (κ3) is 7.17. The second kappa shape index (κ2) is 15.4. The van der Waals surface area contributed by atoms with Crippen LogP contribution in [-0.4, -0.2) is 81.0 Å². The molecule has 282 valence electrons. The zero-order valence-electron chi connectivity index (χ0n) is 32.7. The molecule has 53 heavy (non-hydrogen) atoms. The van der Waals surface area contributed by atoms with Crippen LogP contribution in [0.5, 0.6) is 5.75 Å². The molecule has 7 rings (SSSR count). The number of hydrogen-bond donors (Lipinski definition) is 1. The number of ether oxygens (including phenoxy) is 1. The SMILES string of the molecule is COc1ccc2c(c1)C=C(c1c(C(=O)N(C)CC3CCC(C)N3C)cnn1C(C)C)Cn1c-2c(C2CCCCC2)c2ccc(C(=O)NSC(C)C)cc21. The minimum absolute atomic E-state index is 0.0158. The number of likely N-dealkylation sites (tertiary alicyclic amines) is 1. The molecule has 2 amide bonds. The number of nitrogens with zero attached hydrogens (tertiary/aromatic N) is 5. The van der Waals surface area contributed by atoms with E-state index < -0.39 is 0 Å². The minimum Gasteiger partial charge on any atom is -0.497 e. The Morgan fingerprint density at radius 1 is 1.02 bits per heavy atom. The Balaban J connectivity index is 1.41. The summed E-state index contributed by atoms with van der Waals surface area (Å²) in [7, 11) is 5.81. The fourth-order valence-electron chi connectivity index (χ4n) is 8.81. The van der Waals surface area contributed by atoms with E-state index in [1.54, 1.807) is 13.3 Å². The van der Waals surface area contributed by atoms with Crippen molar-refractivity contribution in [3.63, 3.8) is 0 Å². The quantitative estimate of drug-likeness (QED) is 0.164. The summed E-state index contributed by atoms with van der Waals surface area (Å²) < 4.78 is 13.3. The molecule has 3 aliphatic rings. The lowest BCUT2D eigenvalue weighted by Crippen LogP contribution is -2.41. The van der Waals surface area contributed by atoms with Crippen LogP contribution in [0.3, 0.4) is 0 Å². The highest BCUT2D eigenvalue weighted by molar-refractivity contribution is 7.98. The second-order valence-corrected chi connectivity index (χ2v) is 17.4. The largest absolute Gasteiger partial charge is 0.497 e. The molecule has 0 spiro atoms. The van der Waals surface area contributed by atoms with Crippen LogP contribution in [0.15, 0.2) is 42.6 Å². The van der Waals surface area contributed by atoms with Gasteiger partial charge in [-0.25, -0.2) is 0 Å². The maximum atomic E-state index is 14.5. The fourth-order valence-corrected chi connectivity index (χ4v) is 9.27. The summed E-state index contributed by atoms with van der Waals surface area (Å²) in [5, 5.41) is 6.35. The van der Waals surface area contributed by atoms with E-state index in [9.17, 15) is 9.59 Å². The number of benzene rings is 2. The molecule has 2 aromatic heterocycles. The number of nitrogens with one attached hydrogen (secondary N) is 1. The smallest absolute Gasteiger partial charge is 0.261 e. The molecule has 2 fully saturated rings. The van der Waals surface area contributed by atoms with E-state index in [2.05, 4.69) is 92.3 Å². The van der Waals surface area contributed by atoms with Crippen LogP contribution in [0.4, 0.5) is 0 Å². The van der Waals surface area contributed by atoms with E-state index in [1.807, 2.05) is 22.7 Å². The number of fused-ring (bicyclic) bond motifs is 5. The molecule has 10 heteroatoms. The molecule has 0 bridgehead atoms. The summed E-state index contributed by atoms with van der Waals surface area (Å²) >= 11 is 1.44. The average molecular weight is 737 g/mol. The van der Waals surface area contributed by atoms with Crippen LogP contribution < -0.4 is 9.46 Å². The van der Waals surface area contributed by atoms with Gasteiger partial charge in [-0.1, -0.05) is 39.2 Å². The highest BCUT2D eigenvalue weighted by atomic mass is 32.2. The number of aromatic nitrogens is 3. The van der Waals surface area contributed by atoms with Gasteiger partial charge in [-0.2, -0.15) is 5.10 Å². The number of hydrogen-bond acceptors (Lipinski definition) is 6. The lowest BCUT2D eigenvalue weighted by atomic mass is 9.81. The molecule has 1 saturated heterocycles. The van der Waals surface area contributed by atoms with E-state index in [0.717, 1.165) is 59.3 Å². The number of likely N-dealkylation sites (N-methyl/N-ethyl adjacent to an activating group) is 2. The summed E-state index contributed by atoms with van der Waals surface area (Å²) in [6.07, 6.45) is 12.2. The number of rotatable bonds is 10. The van der Waals surface area contributed by atoms with Crippen molar-refractivity contribution in [2.75, 3.05) is 27.7 Å². The van der Waals surface area contributed by atoms with Gasteiger partial charge in [-0.05, 0) is 124 Å². The van der Waals surface area contributed by atoms with Crippen molar-refractivity contribution >= 4 is 46.3 Å². The van der Waals surface area contributed by atoms with Gasteiger partial charge in [0.2, 0.25) is 0 Å². The first kappa shape index (κ1) is 37.3. The van der Waals surface area contributed by atoms with Crippen molar-refractivity contribution in [3.05, 3.63) is 70.5 Å². The van der Waals surface area contributed by atoms with Crippen molar-refractivity contribution in [2.45, 2.75) is 115 Å². The first-order valence-electron chi connectivity index (χ1n) is 19.5. The van der Waals surface area contributed by atoms with Crippen LogP contribution in [-0.2, 0) is 6.54 Å². The molecule has 4 aromatic rings. The van der Waals surface area contributed by atoms with Crippen LogP contribution >= 0.6 is 11.9 Å². The Hall–Kier alpha value is -4.02. The standard InChI is InChI=1S/C43H56N6O3S/c1-26(2)49-40(37(23-44-49)43(51)46(6)25-33-16-14-28(5)47(33)7)32-20-31-21-34(52-8)17-19-35(31)41-39(29-12-10-9-11-13-29)36-18-15-30(22-38(36)48(41)24-32)42(50)45-53-27(3)4/h15,17-23,26-29,33H,9-14,16,24-25H2,1-8H3,(H,45,50). The maximum absolute atomic E-state index is 14.5. The van der Waals surface area contributed by atoms with Crippen molar-refractivity contribution in [2.24, 2.45) is 0 Å². The fraction of sp³-hybridized carbons (Fsp3) is 0.512. The normalized spacial score (nSPS) is 19.3. The number of carbonyl (C=O) groups excluding carboxylic acids is 2. The van der Waals surface area contributed by atoms with Crippen molar-refractivity contribution < 1.29 is 14.3 Å². The van der Waals surface area contributed by atoms with Gasteiger partial charge >= 0.3 is 0 Å². The molecule has 2 aromatic carbocycles. The molecular formula is C43H56N6O3S. The van der Waals surface area contributed by atoms with Crippen LogP contribution in [0.25, 0.3) is 33.8 Å².